The van der Waals surface area contributed by atoms with Gasteiger partial charge in [-0.15, -0.1) is 0 Å². The predicted molar refractivity (Wildman–Crippen MR) is 101 cm³/mol. The van der Waals surface area contributed by atoms with Crippen LogP contribution in [0.5, 0.6) is 0 Å². The molecule has 0 aliphatic heterocycles. The van der Waals surface area contributed by atoms with Crippen molar-refractivity contribution < 1.29 is 18.7 Å². The highest BCUT2D eigenvalue weighted by molar-refractivity contribution is 5.96. The first-order chi connectivity index (χ1) is 13.0. The molecular formula is C21H19FN2O3. The topological polar surface area (TPSA) is 60.3 Å². The normalized spacial score (nSPS) is 10.5. The van der Waals surface area contributed by atoms with E-state index in [1.807, 2.05) is 48.7 Å². The van der Waals surface area contributed by atoms with E-state index in [2.05, 4.69) is 5.32 Å². The Morgan fingerprint density at radius 2 is 1.70 bits per heavy atom. The molecular weight excluding hydrogens is 347 g/mol. The fourth-order valence-electron chi connectivity index (χ4n) is 2.90. The Kier molecular flexibility index (Phi) is 5.35. The van der Waals surface area contributed by atoms with Gasteiger partial charge in [-0.05, 0) is 44.2 Å². The van der Waals surface area contributed by atoms with Gasteiger partial charge in [0.1, 0.15) is 5.82 Å². The van der Waals surface area contributed by atoms with E-state index in [0.29, 0.717) is 5.56 Å². The third-order valence-electron chi connectivity index (χ3n) is 4.15. The van der Waals surface area contributed by atoms with Crippen LogP contribution in [0.3, 0.4) is 0 Å². The number of ether oxygens (including phenoxy) is 1. The number of benzene rings is 2. The van der Waals surface area contributed by atoms with Crippen molar-refractivity contribution in [2.75, 3.05) is 11.9 Å². The average molecular weight is 366 g/mol. The van der Waals surface area contributed by atoms with Crippen LogP contribution in [-0.4, -0.2) is 23.1 Å². The molecule has 5 nitrogen and oxygen atoms in total. The van der Waals surface area contributed by atoms with Gasteiger partial charge in [-0.25, -0.2) is 9.18 Å². The summed E-state index contributed by atoms with van der Waals surface area (Å²) in [7, 11) is 0. The fourth-order valence-corrected chi connectivity index (χ4v) is 2.90. The first-order valence-electron chi connectivity index (χ1n) is 8.43. The molecule has 0 spiro atoms. The lowest BCUT2D eigenvalue weighted by molar-refractivity contribution is -0.119. The summed E-state index contributed by atoms with van der Waals surface area (Å²) in [5.74, 6) is -1.76. The zero-order valence-electron chi connectivity index (χ0n) is 15.0. The highest BCUT2D eigenvalue weighted by Gasteiger charge is 2.19. The molecule has 0 fully saturated rings. The number of aromatic nitrogens is 1. The Bertz CT molecular complexity index is 980. The quantitative estimate of drug-likeness (QED) is 0.694. The first-order valence-corrected chi connectivity index (χ1v) is 8.43. The lowest BCUT2D eigenvalue weighted by atomic mass is 10.2. The first kappa shape index (κ1) is 18.4. The molecule has 0 aliphatic carbocycles. The largest absolute Gasteiger partial charge is 0.452 e. The number of para-hydroxylation sites is 2. The number of anilines is 1. The van der Waals surface area contributed by atoms with Crippen LogP contribution in [0.1, 0.15) is 21.7 Å². The summed E-state index contributed by atoms with van der Waals surface area (Å²) < 4.78 is 20.6. The molecule has 0 saturated carbocycles. The average Bonchev–Trinajstić information content (AvgIpc) is 2.96. The third kappa shape index (κ3) is 4.06. The SMILES string of the molecule is Cc1cc(C(=O)OCC(=O)Nc2ccccc2F)c(C)n1-c1ccccc1. The molecule has 0 aliphatic rings. The van der Waals surface area contributed by atoms with Crippen molar-refractivity contribution >= 4 is 17.6 Å². The van der Waals surface area contributed by atoms with Gasteiger partial charge < -0.3 is 14.6 Å². The van der Waals surface area contributed by atoms with Gasteiger partial charge in [-0.3, -0.25) is 4.79 Å². The van der Waals surface area contributed by atoms with Crippen molar-refractivity contribution in [2.45, 2.75) is 13.8 Å². The minimum Gasteiger partial charge on any atom is -0.452 e. The van der Waals surface area contributed by atoms with Gasteiger partial charge in [0.15, 0.2) is 6.61 Å². The molecule has 0 bridgehead atoms. The standard InChI is InChI=1S/C21H19FN2O3/c1-14-12-17(15(2)24(14)16-8-4-3-5-9-16)21(26)27-13-20(25)23-19-11-7-6-10-18(19)22/h3-12H,13H2,1-2H3,(H,23,25). The molecule has 1 heterocycles. The Hall–Kier alpha value is -3.41. The van der Waals surface area contributed by atoms with Crippen molar-refractivity contribution in [1.82, 2.24) is 4.57 Å². The van der Waals surface area contributed by atoms with Crippen LogP contribution >= 0.6 is 0 Å². The summed E-state index contributed by atoms with van der Waals surface area (Å²) in [6, 6.07) is 17.1. The van der Waals surface area contributed by atoms with Crippen molar-refractivity contribution in [3.63, 3.8) is 0 Å². The van der Waals surface area contributed by atoms with Gasteiger partial charge in [0.05, 0.1) is 11.3 Å². The van der Waals surface area contributed by atoms with Gasteiger partial charge in [0.2, 0.25) is 0 Å². The number of amides is 1. The maximum absolute atomic E-state index is 13.5. The lowest BCUT2D eigenvalue weighted by Gasteiger charge is -2.10. The fraction of sp³-hybridized carbons (Fsp3) is 0.143. The monoisotopic (exact) mass is 366 g/mol. The molecule has 3 rings (SSSR count). The van der Waals surface area contributed by atoms with Gasteiger partial charge in [0, 0.05) is 17.1 Å². The Labute approximate surface area is 156 Å². The van der Waals surface area contributed by atoms with E-state index in [0.717, 1.165) is 17.1 Å². The Balaban J connectivity index is 1.68. The van der Waals surface area contributed by atoms with Gasteiger partial charge in [-0.1, -0.05) is 30.3 Å². The summed E-state index contributed by atoms with van der Waals surface area (Å²) in [5.41, 5.74) is 2.96. The van der Waals surface area contributed by atoms with Crippen molar-refractivity contribution in [3.8, 4) is 5.69 Å². The zero-order valence-corrected chi connectivity index (χ0v) is 15.0. The molecule has 0 atom stereocenters. The second kappa shape index (κ2) is 7.86. The van der Waals surface area contributed by atoms with Crippen LogP contribution in [0.15, 0.2) is 60.7 Å². The van der Waals surface area contributed by atoms with Gasteiger partial charge in [-0.2, -0.15) is 0 Å². The molecule has 27 heavy (non-hydrogen) atoms. The van der Waals surface area contributed by atoms with E-state index >= 15 is 0 Å². The lowest BCUT2D eigenvalue weighted by Crippen LogP contribution is -2.21. The van der Waals surface area contributed by atoms with E-state index in [1.54, 1.807) is 12.1 Å². The number of carbonyl (C=O) groups excluding carboxylic acids is 2. The molecule has 1 aromatic heterocycles. The molecule has 138 valence electrons. The van der Waals surface area contributed by atoms with Gasteiger partial charge >= 0.3 is 5.97 Å². The number of esters is 1. The number of rotatable bonds is 5. The van der Waals surface area contributed by atoms with Crippen LogP contribution < -0.4 is 5.32 Å². The summed E-state index contributed by atoms with van der Waals surface area (Å²) in [4.78, 5) is 24.3. The van der Waals surface area contributed by atoms with E-state index in [1.165, 1.54) is 18.2 Å². The summed E-state index contributed by atoms with van der Waals surface area (Å²) in [5, 5.41) is 2.38. The van der Waals surface area contributed by atoms with E-state index in [9.17, 15) is 14.0 Å². The third-order valence-corrected chi connectivity index (χ3v) is 4.15. The molecule has 3 aromatic rings. The number of nitrogens with one attached hydrogen (secondary N) is 1. The van der Waals surface area contributed by atoms with Crippen LogP contribution in [0.4, 0.5) is 10.1 Å². The highest BCUT2D eigenvalue weighted by atomic mass is 19.1. The molecule has 1 N–H and O–H groups in total. The summed E-state index contributed by atoms with van der Waals surface area (Å²) in [6.45, 7) is 3.21. The van der Waals surface area contributed by atoms with Crippen LogP contribution in [0.25, 0.3) is 5.69 Å². The zero-order chi connectivity index (χ0) is 19.4. The minimum atomic E-state index is -0.606. The van der Waals surface area contributed by atoms with Crippen LogP contribution in [0, 0.1) is 19.7 Å². The second-order valence-electron chi connectivity index (χ2n) is 6.06. The summed E-state index contributed by atoms with van der Waals surface area (Å²) in [6.07, 6.45) is 0. The maximum Gasteiger partial charge on any atom is 0.340 e. The molecule has 0 unspecified atom stereocenters. The number of hydrogen-bond acceptors (Lipinski definition) is 3. The Morgan fingerprint density at radius 1 is 1.04 bits per heavy atom. The van der Waals surface area contributed by atoms with Gasteiger partial charge in [0.25, 0.3) is 5.91 Å². The van der Waals surface area contributed by atoms with Crippen molar-refractivity contribution in [3.05, 3.63) is 83.4 Å². The molecule has 0 saturated heterocycles. The number of aryl methyl sites for hydroxylation is 1. The smallest absolute Gasteiger partial charge is 0.340 e. The molecule has 0 radical (unpaired) electrons. The number of halogens is 1. The van der Waals surface area contributed by atoms with Crippen molar-refractivity contribution in [2.24, 2.45) is 0 Å². The Morgan fingerprint density at radius 3 is 2.41 bits per heavy atom. The molecule has 1 amide bonds. The number of hydrogen-bond donors (Lipinski definition) is 1. The maximum atomic E-state index is 13.5. The summed E-state index contributed by atoms with van der Waals surface area (Å²) >= 11 is 0. The second-order valence-corrected chi connectivity index (χ2v) is 6.06. The van der Waals surface area contributed by atoms with E-state index in [4.69, 9.17) is 4.74 Å². The van der Waals surface area contributed by atoms with Crippen LogP contribution in [-0.2, 0) is 9.53 Å². The van der Waals surface area contributed by atoms with Crippen molar-refractivity contribution in [1.29, 1.82) is 0 Å². The molecule has 6 heteroatoms. The highest BCUT2D eigenvalue weighted by Crippen LogP contribution is 2.21. The number of carbonyl (C=O) groups is 2. The predicted octanol–water partition coefficient (Wildman–Crippen LogP) is 4.03. The van der Waals surface area contributed by atoms with Crippen LogP contribution in [0.2, 0.25) is 0 Å². The van der Waals surface area contributed by atoms with E-state index in [-0.39, 0.29) is 5.69 Å². The molecule has 2 aromatic carbocycles. The van der Waals surface area contributed by atoms with E-state index < -0.39 is 24.3 Å². The minimum absolute atomic E-state index is 0.0424. The number of nitrogens with zero attached hydrogens (tertiary/aromatic N) is 1.